The van der Waals surface area contributed by atoms with Crippen molar-refractivity contribution >= 4 is 23.9 Å². The van der Waals surface area contributed by atoms with Crippen molar-refractivity contribution in [2.75, 3.05) is 39.3 Å². The van der Waals surface area contributed by atoms with Gasteiger partial charge in [-0.25, -0.2) is 9.59 Å². The molecule has 1 aliphatic rings. The highest BCUT2D eigenvalue weighted by molar-refractivity contribution is 5.87. The van der Waals surface area contributed by atoms with Gasteiger partial charge in [-0.1, -0.05) is 24.3 Å². The molecule has 1 aliphatic heterocycles. The van der Waals surface area contributed by atoms with Gasteiger partial charge in [0.1, 0.15) is 0 Å². The fourth-order valence-corrected chi connectivity index (χ4v) is 3.46. The molecule has 0 bridgehead atoms. The SMILES string of the molecule is CC(C)(C)N(Cc1ccc(CNC(=O)N2CCN(C(=O)CNC(=O)C(O)CO)CC2)cc1)C(=O)O. The molecule has 1 unspecified atom stereocenters. The van der Waals surface area contributed by atoms with Crippen molar-refractivity contribution in [3.8, 4) is 0 Å². The lowest BCUT2D eigenvalue weighted by atomic mass is 10.0. The van der Waals surface area contributed by atoms with Crippen molar-refractivity contribution in [2.24, 2.45) is 0 Å². The van der Waals surface area contributed by atoms with Crippen molar-refractivity contribution in [3.05, 3.63) is 35.4 Å². The summed E-state index contributed by atoms with van der Waals surface area (Å²) in [4.78, 5) is 52.1. The Balaban J connectivity index is 1.77. The molecular formula is C23H35N5O7. The van der Waals surface area contributed by atoms with Gasteiger partial charge in [0.25, 0.3) is 5.91 Å². The summed E-state index contributed by atoms with van der Waals surface area (Å²) < 4.78 is 0. The number of benzene rings is 1. The van der Waals surface area contributed by atoms with Crippen LogP contribution in [0.4, 0.5) is 9.59 Å². The van der Waals surface area contributed by atoms with Crippen LogP contribution in [0, 0.1) is 0 Å². The zero-order valence-corrected chi connectivity index (χ0v) is 20.4. The summed E-state index contributed by atoms with van der Waals surface area (Å²) in [5.74, 6) is -1.16. The number of nitrogens with one attached hydrogen (secondary N) is 2. The summed E-state index contributed by atoms with van der Waals surface area (Å²) in [5, 5.41) is 32.5. The van der Waals surface area contributed by atoms with Crippen LogP contribution in [-0.2, 0) is 22.7 Å². The highest BCUT2D eigenvalue weighted by Gasteiger charge is 2.26. The molecule has 1 aromatic carbocycles. The largest absolute Gasteiger partial charge is 0.465 e. The van der Waals surface area contributed by atoms with Crippen LogP contribution in [0.3, 0.4) is 0 Å². The van der Waals surface area contributed by atoms with E-state index in [4.69, 9.17) is 5.11 Å². The zero-order valence-electron chi connectivity index (χ0n) is 20.4. The molecule has 1 atom stereocenters. The maximum atomic E-state index is 12.5. The molecule has 1 aromatic rings. The normalized spacial score (nSPS) is 14.8. The summed E-state index contributed by atoms with van der Waals surface area (Å²) in [6, 6.07) is 7.11. The van der Waals surface area contributed by atoms with Crippen molar-refractivity contribution in [2.45, 2.75) is 45.5 Å². The van der Waals surface area contributed by atoms with Crippen LogP contribution in [0.1, 0.15) is 31.9 Å². The molecule has 1 fully saturated rings. The number of urea groups is 1. The lowest BCUT2D eigenvalue weighted by Crippen LogP contribution is -2.54. The van der Waals surface area contributed by atoms with Gasteiger partial charge in [-0.15, -0.1) is 0 Å². The molecule has 1 saturated heterocycles. The highest BCUT2D eigenvalue weighted by Crippen LogP contribution is 2.18. The number of carbonyl (C=O) groups excluding carboxylic acids is 3. The van der Waals surface area contributed by atoms with Gasteiger partial charge in [-0.2, -0.15) is 0 Å². The van der Waals surface area contributed by atoms with E-state index in [2.05, 4.69) is 10.6 Å². The van der Waals surface area contributed by atoms with E-state index >= 15 is 0 Å². The average molecular weight is 494 g/mol. The number of aliphatic hydroxyl groups is 2. The van der Waals surface area contributed by atoms with E-state index in [-0.39, 0.29) is 25.0 Å². The quantitative estimate of drug-likeness (QED) is 0.334. The summed E-state index contributed by atoms with van der Waals surface area (Å²) >= 11 is 0. The molecule has 2 rings (SSSR count). The van der Waals surface area contributed by atoms with E-state index in [0.717, 1.165) is 11.1 Å². The van der Waals surface area contributed by atoms with Gasteiger partial charge >= 0.3 is 12.1 Å². The number of rotatable bonds is 8. The Labute approximate surface area is 204 Å². The minimum atomic E-state index is -1.57. The molecule has 12 heteroatoms. The van der Waals surface area contributed by atoms with E-state index in [1.54, 1.807) is 4.90 Å². The number of aliphatic hydroxyl groups excluding tert-OH is 2. The number of hydrogen-bond acceptors (Lipinski definition) is 6. The van der Waals surface area contributed by atoms with Crippen LogP contribution in [0.5, 0.6) is 0 Å². The Bertz CT molecular complexity index is 893. The van der Waals surface area contributed by atoms with Crippen molar-refractivity contribution in [3.63, 3.8) is 0 Å². The molecule has 35 heavy (non-hydrogen) atoms. The first-order chi connectivity index (χ1) is 16.4. The first kappa shape index (κ1) is 27.9. The molecule has 0 radical (unpaired) electrons. The Morgan fingerprint density at radius 3 is 2.03 bits per heavy atom. The van der Waals surface area contributed by atoms with Gasteiger partial charge in [0, 0.05) is 44.8 Å². The highest BCUT2D eigenvalue weighted by atomic mass is 16.4. The van der Waals surface area contributed by atoms with Crippen LogP contribution in [0.2, 0.25) is 0 Å². The van der Waals surface area contributed by atoms with E-state index in [1.807, 2.05) is 45.0 Å². The summed E-state index contributed by atoms with van der Waals surface area (Å²) in [7, 11) is 0. The van der Waals surface area contributed by atoms with Gasteiger partial charge in [-0.3, -0.25) is 14.5 Å². The van der Waals surface area contributed by atoms with Gasteiger partial charge < -0.3 is 35.8 Å². The molecule has 5 N–H and O–H groups in total. The monoisotopic (exact) mass is 493 g/mol. The Morgan fingerprint density at radius 2 is 1.51 bits per heavy atom. The zero-order chi connectivity index (χ0) is 26.2. The number of carbonyl (C=O) groups is 4. The van der Waals surface area contributed by atoms with Crippen LogP contribution in [0.15, 0.2) is 24.3 Å². The molecule has 194 valence electrons. The molecule has 0 saturated carbocycles. The number of hydrogen-bond donors (Lipinski definition) is 5. The predicted molar refractivity (Wildman–Crippen MR) is 126 cm³/mol. The maximum Gasteiger partial charge on any atom is 0.408 e. The second-order valence-corrected chi connectivity index (χ2v) is 9.30. The third kappa shape index (κ3) is 8.41. The molecular weight excluding hydrogens is 458 g/mol. The second-order valence-electron chi connectivity index (χ2n) is 9.30. The lowest BCUT2D eigenvalue weighted by Gasteiger charge is -2.34. The van der Waals surface area contributed by atoms with Gasteiger partial charge in [0.2, 0.25) is 5.91 Å². The predicted octanol–water partition coefficient (Wildman–Crippen LogP) is -0.212. The maximum absolute atomic E-state index is 12.5. The molecule has 1 heterocycles. The molecule has 0 aromatic heterocycles. The Kier molecular flexibility index (Phi) is 9.84. The third-order valence-electron chi connectivity index (χ3n) is 5.66. The fourth-order valence-electron chi connectivity index (χ4n) is 3.46. The van der Waals surface area contributed by atoms with Crippen molar-refractivity contribution in [1.29, 1.82) is 0 Å². The standard InChI is InChI=1S/C23H35N5O7/c1-23(2,3)28(22(34)35)14-17-6-4-16(5-7-17)12-25-21(33)27-10-8-26(9-11-27)19(31)13-24-20(32)18(30)15-29/h4-7,18,29-30H,8-15H2,1-3H3,(H,24,32)(H,25,33)(H,34,35). The summed E-state index contributed by atoms with van der Waals surface area (Å²) in [5.41, 5.74) is 1.19. The second kappa shape index (κ2) is 12.4. The Hall–Kier alpha value is -3.38. The van der Waals surface area contributed by atoms with Gasteiger partial charge in [0.05, 0.1) is 13.2 Å². The van der Waals surface area contributed by atoms with Crippen molar-refractivity contribution < 1.29 is 34.5 Å². The first-order valence-electron chi connectivity index (χ1n) is 11.4. The first-order valence-corrected chi connectivity index (χ1v) is 11.4. The van der Waals surface area contributed by atoms with Crippen LogP contribution in [0.25, 0.3) is 0 Å². The average Bonchev–Trinajstić information content (AvgIpc) is 2.83. The molecule has 12 nitrogen and oxygen atoms in total. The topological polar surface area (TPSA) is 163 Å². The summed E-state index contributed by atoms with van der Waals surface area (Å²) in [6.07, 6.45) is -2.55. The van der Waals surface area contributed by atoms with Crippen LogP contribution < -0.4 is 10.6 Å². The Morgan fingerprint density at radius 1 is 0.971 bits per heavy atom. The van der Waals surface area contributed by atoms with Crippen LogP contribution >= 0.6 is 0 Å². The molecule has 0 spiro atoms. The van der Waals surface area contributed by atoms with E-state index in [0.29, 0.717) is 32.7 Å². The summed E-state index contributed by atoms with van der Waals surface area (Å²) in [6.45, 7) is 6.36. The van der Waals surface area contributed by atoms with E-state index < -0.39 is 30.3 Å². The third-order valence-corrected chi connectivity index (χ3v) is 5.66. The molecule has 5 amide bonds. The van der Waals surface area contributed by atoms with Crippen molar-refractivity contribution in [1.82, 2.24) is 25.3 Å². The minimum absolute atomic E-state index is 0.259. The minimum Gasteiger partial charge on any atom is -0.465 e. The number of amides is 5. The van der Waals surface area contributed by atoms with E-state index in [9.17, 15) is 29.4 Å². The fraction of sp³-hybridized carbons (Fsp3) is 0.565. The lowest BCUT2D eigenvalue weighted by molar-refractivity contribution is -0.137. The van der Waals surface area contributed by atoms with Gasteiger partial charge in [0.15, 0.2) is 6.10 Å². The van der Waals surface area contributed by atoms with E-state index in [1.165, 1.54) is 9.80 Å². The van der Waals surface area contributed by atoms with Crippen LogP contribution in [-0.4, -0.2) is 105 Å². The molecule has 0 aliphatic carbocycles. The smallest absolute Gasteiger partial charge is 0.408 e. The number of nitrogens with zero attached hydrogens (tertiary/aromatic N) is 3. The number of piperazine rings is 1. The van der Waals surface area contributed by atoms with Gasteiger partial charge in [-0.05, 0) is 31.9 Å². The number of carboxylic acid groups (broad SMARTS) is 1.